The Labute approximate surface area is 122 Å². The van der Waals surface area contributed by atoms with Crippen LogP contribution in [-0.4, -0.2) is 21.5 Å². The Morgan fingerprint density at radius 2 is 1.89 bits per heavy atom. The van der Waals surface area contributed by atoms with Gasteiger partial charge in [-0.1, -0.05) is 36.0 Å². The van der Waals surface area contributed by atoms with Gasteiger partial charge in [-0.15, -0.1) is 0 Å². The van der Waals surface area contributed by atoms with Gasteiger partial charge in [0.2, 0.25) is 0 Å². The zero-order valence-electron chi connectivity index (χ0n) is 10.1. The smallest absolute Gasteiger partial charge is 0.155 e. The molecule has 0 fully saturated rings. The van der Waals surface area contributed by atoms with Crippen LogP contribution in [0.1, 0.15) is 11.3 Å². The Bertz CT molecular complexity index is 571. The van der Waals surface area contributed by atoms with Crippen LogP contribution in [0.5, 0.6) is 0 Å². The van der Waals surface area contributed by atoms with Crippen molar-refractivity contribution in [3.63, 3.8) is 0 Å². The van der Waals surface area contributed by atoms with Crippen molar-refractivity contribution < 1.29 is 0 Å². The van der Waals surface area contributed by atoms with Crippen molar-refractivity contribution in [1.29, 1.82) is 0 Å². The minimum atomic E-state index is 0.238. The molecule has 0 aliphatic carbocycles. The zero-order valence-corrected chi connectivity index (χ0v) is 11.7. The zero-order chi connectivity index (χ0) is 13.7. The highest BCUT2D eigenvalue weighted by atomic mass is 35.5. The Morgan fingerprint density at radius 3 is 2.58 bits per heavy atom. The van der Waals surface area contributed by atoms with Crippen molar-refractivity contribution in [1.82, 2.24) is 9.97 Å². The van der Waals surface area contributed by atoms with E-state index >= 15 is 0 Å². The first-order valence-corrected chi connectivity index (χ1v) is 6.54. The van der Waals surface area contributed by atoms with Crippen molar-refractivity contribution in [2.45, 2.75) is 6.42 Å². The molecule has 1 heterocycles. The van der Waals surface area contributed by atoms with Crippen LogP contribution in [0.3, 0.4) is 0 Å². The van der Waals surface area contributed by atoms with Crippen LogP contribution in [0.2, 0.25) is 5.02 Å². The molecule has 0 aliphatic heterocycles. The monoisotopic (exact) mass is 292 g/mol. The van der Waals surface area contributed by atoms with Crippen molar-refractivity contribution in [3.8, 4) is 0 Å². The molecule has 2 rings (SSSR count). The molecule has 0 atom stereocenters. The van der Waals surface area contributed by atoms with E-state index in [4.69, 9.17) is 29.6 Å². The van der Waals surface area contributed by atoms with Crippen molar-refractivity contribution in [2.24, 2.45) is 5.73 Å². The SMILES string of the molecule is NC(=S)c1nccnc1NCCc1ccc(Cl)cc1. The molecule has 0 aliphatic rings. The average molecular weight is 293 g/mol. The van der Waals surface area contributed by atoms with E-state index in [1.165, 1.54) is 5.56 Å². The van der Waals surface area contributed by atoms with Gasteiger partial charge in [-0.2, -0.15) is 0 Å². The lowest BCUT2D eigenvalue weighted by molar-refractivity contribution is 0.997. The number of anilines is 1. The number of rotatable bonds is 5. The highest BCUT2D eigenvalue weighted by Crippen LogP contribution is 2.11. The lowest BCUT2D eigenvalue weighted by Gasteiger charge is -2.08. The predicted molar refractivity (Wildman–Crippen MR) is 81.6 cm³/mol. The van der Waals surface area contributed by atoms with Crippen molar-refractivity contribution in [3.05, 3.63) is 52.9 Å². The quantitative estimate of drug-likeness (QED) is 0.829. The molecule has 6 heteroatoms. The summed E-state index contributed by atoms with van der Waals surface area (Å²) in [7, 11) is 0. The summed E-state index contributed by atoms with van der Waals surface area (Å²) in [5, 5.41) is 3.92. The molecule has 0 radical (unpaired) electrons. The molecule has 0 saturated heterocycles. The average Bonchev–Trinajstić information content (AvgIpc) is 2.41. The summed E-state index contributed by atoms with van der Waals surface area (Å²) >= 11 is 10.8. The normalized spacial score (nSPS) is 10.2. The van der Waals surface area contributed by atoms with Gasteiger partial charge < -0.3 is 11.1 Å². The van der Waals surface area contributed by atoms with E-state index in [0.717, 1.165) is 18.0 Å². The summed E-state index contributed by atoms with van der Waals surface area (Å²) in [4.78, 5) is 8.53. The Kier molecular flexibility index (Phi) is 4.65. The van der Waals surface area contributed by atoms with E-state index in [0.29, 0.717) is 11.5 Å². The highest BCUT2D eigenvalue weighted by molar-refractivity contribution is 7.80. The van der Waals surface area contributed by atoms with Gasteiger partial charge >= 0.3 is 0 Å². The highest BCUT2D eigenvalue weighted by Gasteiger charge is 2.06. The predicted octanol–water partition coefficient (Wildman–Crippen LogP) is 2.42. The van der Waals surface area contributed by atoms with Gasteiger partial charge in [0.25, 0.3) is 0 Å². The Balaban J connectivity index is 1.96. The minimum absolute atomic E-state index is 0.238. The number of nitrogens with two attached hydrogens (primary N) is 1. The molecule has 1 aromatic carbocycles. The molecule has 2 aromatic rings. The lowest BCUT2D eigenvalue weighted by atomic mass is 10.1. The van der Waals surface area contributed by atoms with Gasteiger partial charge in [-0.25, -0.2) is 9.97 Å². The molecule has 4 nitrogen and oxygen atoms in total. The maximum Gasteiger partial charge on any atom is 0.155 e. The van der Waals surface area contributed by atoms with E-state index in [2.05, 4.69) is 15.3 Å². The Hall–Kier alpha value is -1.72. The number of hydrogen-bond donors (Lipinski definition) is 2. The summed E-state index contributed by atoms with van der Waals surface area (Å²) in [6.45, 7) is 0.718. The van der Waals surface area contributed by atoms with E-state index in [9.17, 15) is 0 Å². The molecular formula is C13H13ClN4S. The summed E-state index contributed by atoms with van der Waals surface area (Å²) in [6.07, 6.45) is 4.02. The van der Waals surface area contributed by atoms with Crippen LogP contribution in [0, 0.1) is 0 Å². The van der Waals surface area contributed by atoms with Crippen LogP contribution < -0.4 is 11.1 Å². The fourth-order valence-electron chi connectivity index (χ4n) is 1.62. The van der Waals surface area contributed by atoms with E-state index in [-0.39, 0.29) is 4.99 Å². The molecule has 1 aromatic heterocycles. The third-order valence-corrected chi connectivity index (χ3v) is 3.00. The molecule has 0 unspecified atom stereocenters. The summed E-state index contributed by atoms with van der Waals surface area (Å²) in [6, 6.07) is 7.74. The number of halogens is 1. The van der Waals surface area contributed by atoms with Crippen molar-refractivity contribution >= 4 is 34.6 Å². The first-order chi connectivity index (χ1) is 9.16. The Morgan fingerprint density at radius 1 is 1.21 bits per heavy atom. The van der Waals surface area contributed by atoms with Crippen LogP contribution >= 0.6 is 23.8 Å². The summed E-state index contributed by atoms with van der Waals surface area (Å²) in [5.41, 5.74) is 7.30. The lowest BCUT2D eigenvalue weighted by Crippen LogP contribution is -2.17. The number of benzene rings is 1. The number of nitrogens with one attached hydrogen (secondary N) is 1. The van der Waals surface area contributed by atoms with Crippen LogP contribution in [0.25, 0.3) is 0 Å². The maximum atomic E-state index is 5.84. The van der Waals surface area contributed by atoms with Gasteiger partial charge in [0.05, 0.1) is 0 Å². The van der Waals surface area contributed by atoms with Gasteiger partial charge in [0.15, 0.2) is 5.82 Å². The molecule has 19 heavy (non-hydrogen) atoms. The van der Waals surface area contributed by atoms with E-state index in [1.54, 1.807) is 12.4 Å². The number of nitrogens with zero attached hydrogens (tertiary/aromatic N) is 2. The van der Waals surface area contributed by atoms with Crippen LogP contribution in [0.4, 0.5) is 5.82 Å². The third-order valence-electron chi connectivity index (χ3n) is 2.55. The molecule has 0 saturated carbocycles. The molecule has 98 valence electrons. The number of hydrogen-bond acceptors (Lipinski definition) is 4. The van der Waals surface area contributed by atoms with Crippen molar-refractivity contribution in [2.75, 3.05) is 11.9 Å². The molecule has 3 N–H and O–H groups in total. The minimum Gasteiger partial charge on any atom is -0.388 e. The fraction of sp³-hybridized carbons (Fsp3) is 0.154. The second-order valence-corrected chi connectivity index (χ2v) is 4.80. The van der Waals surface area contributed by atoms with Crippen LogP contribution in [-0.2, 0) is 6.42 Å². The molecule has 0 bridgehead atoms. The second kappa shape index (κ2) is 6.45. The first-order valence-electron chi connectivity index (χ1n) is 5.76. The third kappa shape index (κ3) is 3.87. The second-order valence-electron chi connectivity index (χ2n) is 3.92. The molecular weight excluding hydrogens is 280 g/mol. The summed E-state index contributed by atoms with van der Waals surface area (Å²) < 4.78 is 0. The summed E-state index contributed by atoms with van der Waals surface area (Å²) in [5.74, 6) is 0.615. The maximum absolute atomic E-state index is 5.84. The number of aromatic nitrogens is 2. The molecule has 0 amide bonds. The first kappa shape index (κ1) is 13.7. The fourth-order valence-corrected chi connectivity index (χ4v) is 1.90. The topological polar surface area (TPSA) is 63.8 Å². The van der Waals surface area contributed by atoms with Gasteiger partial charge in [0.1, 0.15) is 10.7 Å². The van der Waals surface area contributed by atoms with E-state index in [1.807, 2.05) is 24.3 Å². The van der Waals surface area contributed by atoms with Crippen LogP contribution in [0.15, 0.2) is 36.7 Å². The number of thiocarbonyl (C=S) groups is 1. The molecule has 0 spiro atoms. The van der Waals surface area contributed by atoms with Gasteiger partial charge in [-0.05, 0) is 24.1 Å². The largest absolute Gasteiger partial charge is 0.388 e. The van der Waals surface area contributed by atoms with Gasteiger partial charge in [0, 0.05) is 24.0 Å². The standard InChI is InChI=1S/C13H13ClN4S/c14-10-3-1-9(2-4-10)5-6-17-13-11(12(15)19)16-7-8-18-13/h1-4,7-8H,5-6H2,(H2,15,19)(H,17,18). The van der Waals surface area contributed by atoms with E-state index < -0.39 is 0 Å². The van der Waals surface area contributed by atoms with Gasteiger partial charge in [-0.3, -0.25) is 0 Å².